The highest BCUT2D eigenvalue weighted by Gasteiger charge is 2.12. The van der Waals surface area contributed by atoms with E-state index >= 15 is 0 Å². The number of aromatic nitrogens is 1. The van der Waals surface area contributed by atoms with Crippen molar-refractivity contribution in [3.8, 4) is 17.2 Å². The zero-order chi connectivity index (χ0) is 16.6. The minimum Gasteiger partial charge on any atom is -0.493 e. The zero-order valence-electron chi connectivity index (χ0n) is 14.4. The summed E-state index contributed by atoms with van der Waals surface area (Å²) in [5.41, 5.74) is 3.42. The molecule has 4 heteroatoms. The van der Waals surface area contributed by atoms with Crippen molar-refractivity contribution >= 4 is 0 Å². The molecule has 0 atom stereocenters. The Kier molecular flexibility index (Phi) is 6.07. The SMILES string of the molecule is CCOc1ccccc1-c1nc(CNCCC2=CCCCC2)co1. The first-order valence-electron chi connectivity index (χ1n) is 8.92. The van der Waals surface area contributed by atoms with Gasteiger partial charge in [0.05, 0.1) is 17.9 Å². The van der Waals surface area contributed by atoms with Crippen LogP contribution < -0.4 is 10.1 Å². The first kappa shape index (κ1) is 16.8. The molecule has 0 unspecified atom stereocenters. The Morgan fingerprint density at radius 1 is 1.25 bits per heavy atom. The van der Waals surface area contributed by atoms with Gasteiger partial charge in [0.2, 0.25) is 5.89 Å². The van der Waals surface area contributed by atoms with Crippen molar-refractivity contribution in [1.82, 2.24) is 10.3 Å². The lowest BCUT2D eigenvalue weighted by Gasteiger charge is -2.12. The Balaban J connectivity index is 1.53. The standard InChI is InChI=1S/C20H26N2O2/c1-2-23-19-11-7-6-10-18(19)20-22-17(15-24-20)14-21-13-12-16-8-4-3-5-9-16/h6-8,10-11,15,21H,2-5,9,12-14H2,1H3. The maximum atomic E-state index is 5.64. The first-order chi connectivity index (χ1) is 11.9. The topological polar surface area (TPSA) is 47.3 Å². The van der Waals surface area contributed by atoms with Crippen LogP contribution in [0.25, 0.3) is 11.5 Å². The number of ether oxygens (including phenoxy) is 1. The van der Waals surface area contributed by atoms with Gasteiger partial charge >= 0.3 is 0 Å². The fraction of sp³-hybridized carbons (Fsp3) is 0.450. The van der Waals surface area contributed by atoms with Gasteiger partial charge in [-0.3, -0.25) is 0 Å². The summed E-state index contributed by atoms with van der Waals surface area (Å²) in [6.45, 7) is 4.32. The van der Waals surface area contributed by atoms with E-state index in [0.717, 1.165) is 36.5 Å². The molecule has 1 aromatic heterocycles. The summed E-state index contributed by atoms with van der Waals surface area (Å²) in [6, 6.07) is 7.85. The van der Waals surface area contributed by atoms with Crippen LogP contribution in [0.1, 0.15) is 44.7 Å². The van der Waals surface area contributed by atoms with Crippen LogP contribution in [0.15, 0.2) is 46.6 Å². The van der Waals surface area contributed by atoms with Gasteiger partial charge in [-0.05, 0) is 57.7 Å². The van der Waals surface area contributed by atoms with E-state index in [9.17, 15) is 0 Å². The molecule has 2 aromatic rings. The van der Waals surface area contributed by atoms with Gasteiger partial charge in [-0.2, -0.15) is 0 Å². The molecule has 4 nitrogen and oxygen atoms in total. The van der Waals surface area contributed by atoms with E-state index in [-0.39, 0.29) is 0 Å². The van der Waals surface area contributed by atoms with Crippen LogP contribution >= 0.6 is 0 Å². The van der Waals surface area contributed by atoms with Crippen LogP contribution in [-0.2, 0) is 6.54 Å². The zero-order valence-corrected chi connectivity index (χ0v) is 14.4. The van der Waals surface area contributed by atoms with Crippen molar-refractivity contribution in [1.29, 1.82) is 0 Å². The fourth-order valence-electron chi connectivity index (χ4n) is 3.03. The lowest BCUT2D eigenvalue weighted by molar-refractivity contribution is 0.340. The number of hydrogen-bond acceptors (Lipinski definition) is 4. The van der Waals surface area contributed by atoms with Gasteiger partial charge < -0.3 is 14.5 Å². The second-order valence-electron chi connectivity index (χ2n) is 6.11. The molecule has 0 fully saturated rings. The number of nitrogens with one attached hydrogen (secondary N) is 1. The van der Waals surface area contributed by atoms with E-state index in [4.69, 9.17) is 9.15 Å². The Morgan fingerprint density at radius 3 is 3.00 bits per heavy atom. The molecule has 1 aliphatic rings. The van der Waals surface area contributed by atoms with Gasteiger partial charge in [-0.25, -0.2) is 4.98 Å². The van der Waals surface area contributed by atoms with Crippen molar-refractivity contribution in [3.05, 3.63) is 47.9 Å². The molecule has 0 saturated carbocycles. The summed E-state index contributed by atoms with van der Waals surface area (Å²) in [5.74, 6) is 1.43. The van der Waals surface area contributed by atoms with Crippen molar-refractivity contribution in [3.63, 3.8) is 0 Å². The first-order valence-corrected chi connectivity index (χ1v) is 8.92. The number of benzene rings is 1. The van der Waals surface area contributed by atoms with Crippen molar-refractivity contribution in [2.45, 2.75) is 45.6 Å². The quantitative estimate of drug-likeness (QED) is 0.563. The minimum absolute atomic E-state index is 0.617. The molecule has 0 spiro atoms. The van der Waals surface area contributed by atoms with Crippen LogP contribution in [0.4, 0.5) is 0 Å². The largest absolute Gasteiger partial charge is 0.493 e. The van der Waals surface area contributed by atoms with Gasteiger partial charge in [0, 0.05) is 6.54 Å². The number of allylic oxidation sites excluding steroid dienone is 1. The fourth-order valence-corrected chi connectivity index (χ4v) is 3.03. The summed E-state index contributed by atoms with van der Waals surface area (Å²) in [7, 11) is 0. The highest BCUT2D eigenvalue weighted by Crippen LogP contribution is 2.29. The monoisotopic (exact) mass is 326 g/mol. The second kappa shape index (κ2) is 8.69. The third kappa shape index (κ3) is 4.48. The highest BCUT2D eigenvalue weighted by molar-refractivity contribution is 5.62. The third-order valence-corrected chi connectivity index (χ3v) is 4.28. The van der Waals surface area contributed by atoms with Gasteiger partial charge in [-0.1, -0.05) is 23.8 Å². The minimum atomic E-state index is 0.617. The molecule has 0 saturated heterocycles. The summed E-state index contributed by atoms with van der Waals surface area (Å²) in [4.78, 5) is 4.58. The summed E-state index contributed by atoms with van der Waals surface area (Å²) in [6.07, 6.45) is 10.5. The van der Waals surface area contributed by atoms with E-state index in [1.807, 2.05) is 31.2 Å². The van der Waals surface area contributed by atoms with E-state index < -0.39 is 0 Å². The van der Waals surface area contributed by atoms with Crippen LogP contribution in [0, 0.1) is 0 Å². The van der Waals surface area contributed by atoms with Gasteiger partial charge in [0.1, 0.15) is 12.0 Å². The Labute approximate surface area is 143 Å². The number of hydrogen-bond donors (Lipinski definition) is 1. The summed E-state index contributed by atoms with van der Waals surface area (Å²) >= 11 is 0. The molecule has 24 heavy (non-hydrogen) atoms. The molecular formula is C20H26N2O2. The number of para-hydroxylation sites is 1. The molecular weight excluding hydrogens is 300 g/mol. The molecule has 128 valence electrons. The summed E-state index contributed by atoms with van der Waals surface area (Å²) < 4.78 is 11.3. The molecule has 1 aromatic carbocycles. The van der Waals surface area contributed by atoms with Gasteiger partial charge in [-0.15, -0.1) is 0 Å². The van der Waals surface area contributed by atoms with Crippen molar-refractivity contribution in [2.75, 3.05) is 13.2 Å². The number of rotatable bonds is 8. The number of oxazole rings is 1. The molecule has 1 heterocycles. The van der Waals surface area contributed by atoms with Gasteiger partial charge in [0.25, 0.3) is 0 Å². The third-order valence-electron chi connectivity index (χ3n) is 4.28. The summed E-state index contributed by atoms with van der Waals surface area (Å²) in [5, 5.41) is 3.46. The average Bonchev–Trinajstić information content (AvgIpc) is 3.09. The maximum Gasteiger partial charge on any atom is 0.229 e. The van der Waals surface area contributed by atoms with Crippen LogP contribution in [0.2, 0.25) is 0 Å². The molecule has 0 amide bonds. The van der Waals surface area contributed by atoms with Crippen LogP contribution in [0.5, 0.6) is 5.75 Å². The van der Waals surface area contributed by atoms with Crippen LogP contribution in [0.3, 0.4) is 0 Å². The predicted octanol–water partition coefficient (Wildman–Crippen LogP) is 4.72. The molecule has 0 bridgehead atoms. The molecule has 0 radical (unpaired) electrons. The van der Waals surface area contributed by atoms with E-state index in [1.165, 1.54) is 25.7 Å². The molecule has 0 aliphatic heterocycles. The highest BCUT2D eigenvalue weighted by atomic mass is 16.5. The van der Waals surface area contributed by atoms with E-state index in [1.54, 1.807) is 11.8 Å². The lowest BCUT2D eigenvalue weighted by atomic mass is 9.97. The predicted molar refractivity (Wildman–Crippen MR) is 96.0 cm³/mol. The normalized spacial score (nSPS) is 14.5. The van der Waals surface area contributed by atoms with Crippen molar-refractivity contribution in [2.24, 2.45) is 0 Å². The van der Waals surface area contributed by atoms with E-state index in [2.05, 4.69) is 16.4 Å². The number of nitrogens with zero attached hydrogens (tertiary/aromatic N) is 1. The smallest absolute Gasteiger partial charge is 0.229 e. The van der Waals surface area contributed by atoms with Gasteiger partial charge in [0.15, 0.2) is 0 Å². The Hall–Kier alpha value is -2.07. The lowest BCUT2D eigenvalue weighted by Crippen LogP contribution is -2.15. The van der Waals surface area contributed by atoms with Crippen molar-refractivity contribution < 1.29 is 9.15 Å². The Morgan fingerprint density at radius 2 is 2.17 bits per heavy atom. The molecule has 3 rings (SSSR count). The molecule has 1 N–H and O–H groups in total. The average molecular weight is 326 g/mol. The second-order valence-corrected chi connectivity index (χ2v) is 6.11. The molecule has 1 aliphatic carbocycles. The maximum absolute atomic E-state index is 5.64. The Bertz CT molecular complexity index is 676. The van der Waals surface area contributed by atoms with E-state index in [0.29, 0.717) is 12.5 Å². The van der Waals surface area contributed by atoms with Crippen LogP contribution in [-0.4, -0.2) is 18.1 Å².